The number of hydrogen-bond acceptors (Lipinski definition) is 3. The summed E-state index contributed by atoms with van der Waals surface area (Å²) in [5, 5.41) is 3.51. The molecule has 3 heteroatoms. The van der Waals surface area contributed by atoms with Gasteiger partial charge in [-0.15, -0.1) is 0 Å². The fourth-order valence-electron chi connectivity index (χ4n) is 3.20. The van der Waals surface area contributed by atoms with Gasteiger partial charge < -0.3 is 4.74 Å². The monoisotopic (exact) mass is 289 g/mol. The molecule has 1 saturated carbocycles. The van der Waals surface area contributed by atoms with Gasteiger partial charge in [0.25, 0.3) is 0 Å². The van der Waals surface area contributed by atoms with Crippen LogP contribution in [0.25, 0.3) is 0 Å². The van der Waals surface area contributed by atoms with E-state index in [-0.39, 0.29) is 12.0 Å². The Balaban J connectivity index is 2.06. The van der Waals surface area contributed by atoms with Crippen LogP contribution in [0.1, 0.15) is 57.6 Å². The number of esters is 1. The number of nitrogens with one attached hydrogen (secondary N) is 1. The lowest BCUT2D eigenvalue weighted by Gasteiger charge is -2.31. The van der Waals surface area contributed by atoms with Gasteiger partial charge in [-0.1, -0.05) is 49.6 Å². The molecule has 0 bridgehead atoms. The van der Waals surface area contributed by atoms with Gasteiger partial charge in [-0.25, -0.2) is 4.79 Å². The number of carbonyl (C=O) groups is 1. The van der Waals surface area contributed by atoms with Crippen molar-refractivity contribution in [3.8, 4) is 0 Å². The van der Waals surface area contributed by atoms with Crippen molar-refractivity contribution in [3.63, 3.8) is 0 Å². The van der Waals surface area contributed by atoms with E-state index in [4.69, 9.17) is 4.74 Å². The van der Waals surface area contributed by atoms with Crippen molar-refractivity contribution >= 4 is 5.97 Å². The molecule has 1 aromatic rings. The molecule has 0 aromatic heterocycles. The zero-order chi connectivity index (χ0) is 15.1. The zero-order valence-corrected chi connectivity index (χ0v) is 13.2. The molecule has 1 N–H and O–H groups in total. The van der Waals surface area contributed by atoms with E-state index in [1.165, 1.54) is 32.1 Å². The van der Waals surface area contributed by atoms with Crippen molar-refractivity contribution in [1.29, 1.82) is 0 Å². The smallest absolute Gasteiger partial charge is 0.327 e. The summed E-state index contributed by atoms with van der Waals surface area (Å²) in [6.45, 7) is 4.47. The van der Waals surface area contributed by atoms with Crippen LogP contribution in [0, 0.1) is 5.92 Å². The van der Waals surface area contributed by atoms with E-state index in [0.29, 0.717) is 18.6 Å². The molecule has 21 heavy (non-hydrogen) atoms. The molecule has 3 nitrogen and oxygen atoms in total. The Hall–Kier alpha value is -1.35. The first-order valence-electron chi connectivity index (χ1n) is 8.20. The fourth-order valence-corrected chi connectivity index (χ4v) is 3.20. The number of benzene rings is 1. The second-order valence-corrected chi connectivity index (χ2v) is 5.95. The number of carbonyl (C=O) groups excluding carboxylic acids is 1. The number of ether oxygens (including phenoxy) is 1. The van der Waals surface area contributed by atoms with E-state index < -0.39 is 0 Å². The highest BCUT2D eigenvalue weighted by Gasteiger charge is 2.27. The Morgan fingerprint density at radius 1 is 1.24 bits per heavy atom. The van der Waals surface area contributed by atoms with Crippen molar-refractivity contribution in [2.45, 2.75) is 58.0 Å². The summed E-state index contributed by atoms with van der Waals surface area (Å²) in [6, 6.07) is 9.85. The summed E-state index contributed by atoms with van der Waals surface area (Å²) in [6.07, 6.45) is 6.50. The minimum absolute atomic E-state index is 0.175. The molecular formula is C18H27NO2. The van der Waals surface area contributed by atoms with Crippen molar-refractivity contribution in [2.24, 2.45) is 5.92 Å². The van der Waals surface area contributed by atoms with E-state index in [9.17, 15) is 4.79 Å². The zero-order valence-electron chi connectivity index (χ0n) is 13.2. The van der Waals surface area contributed by atoms with E-state index in [1.54, 1.807) is 0 Å². The maximum atomic E-state index is 12.3. The van der Waals surface area contributed by atoms with E-state index in [0.717, 1.165) is 5.56 Å². The Morgan fingerprint density at radius 3 is 2.52 bits per heavy atom. The molecule has 1 aliphatic carbocycles. The van der Waals surface area contributed by atoms with Crippen LogP contribution in [0.2, 0.25) is 0 Å². The standard InChI is InChI=1S/C18H27NO2/c1-3-21-18(20)17(16-12-8-5-9-13-16)19-14(2)15-10-6-4-7-11-15/h5,8-9,12-15,17,19H,3-4,6-7,10-11H2,1-2H3. The topological polar surface area (TPSA) is 38.3 Å². The van der Waals surface area contributed by atoms with Crippen LogP contribution in [0.5, 0.6) is 0 Å². The normalized spacial score (nSPS) is 19.0. The molecule has 2 rings (SSSR count). The summed E-state index contributed by atoms with van der Waals surface area (Å²) in [4.78, 5) is 12.3. The van der Waals surface area contributed by atoms with Crippen molar-refractivity contribution in [1.82, 2.24) is 5.32 Å². The average molecular weight is 289 g/mol. The molecule has 116 valence electrons. The average Bonchev–Trinajstić information content (AvgIpc) is 2.54. The third kappa shape index (κ3) is 4.57. The predicted octanol–water partition coefficient (Wildman–Crippen LogP) is 3.85. The largest absolute Gasteiger partial charge is 0.465 e. The van der Waals surface area contributed by atoms with Crippen LogP contribution in [0.3, 0.4) is 0 Å². The van der Waals surface area contributed by atoms with Gasteiger partial charge in [-0.2, -0.15) is 0 Å². The lowest BCUT2D eigenvalue weighted by molar-refractivity contribution is -0.146. The molecule has 0 amide bonds. The molecule has 2 unspecified atom stereocenters. The summed E-state index contributed by atoms with van der Waals surface area (Å²) in [7, 11) is 0. The maximum absolute atomic E-state index is 12.3. The number of hydrogen-bond donors (Lipinski definition) is 1. The van der Waals surface area contributed by atoms with Gasteiger partial charge in [0.1, 0.15) is 6.04 Å². The molecule has 1 fully saturated rings. The van der Waals surface area contributed by atoms with Gasteiger partial charge >= 0.3 is 5.97 Å². The molecule has 0 radical (unpaired) electrons. The number of rotatable bonds is 6. The highest BCUT2D eigenvalue weighted by molar-refractivity contribution is 5.77. The van der Waals surface area contributed by atoms with Crippen LogP contribution >= 0.6 is 0 Å². The maximum Gasteiger partial charge on any atom is 0.327 e. The lowest BCUT2D eigenvalue weighted by atomic mass is 9.84. The van der Waals surface area contributed by atoms with Gasteiger partial charge in [0, 0.05) is 6.04 Å². The molecule has 0 aliphatic heterocycles. The summed E-state index contributed by atoms with van der Waals surface area (Å²) in [5.41, 5.74) is 0.985. The van der Waals surface area contributed by atoms with Crippen LogP contribution in [-0.2, 0) is 9.53 Å². The molecule has 1 aromatic carbocycles. The minimum atomic E-state index is -0.358. The van der Waals surface area contributed by atoms with Gasteiger partial charge in [0.15, 0.2) is 0 Å². The molecule has 0 spiro atoms. The SMILES string of the molecule is CCOC(=O)C(NC(C)C1CCCCC1)c1ccccc1. The Kier molecular flexibility index (Phi) is 6.24. The van der Waals surface area contributed by atoms with Gasteiger partial charge in [-0.3, -0.25) is 5.32 Å². The second-order valence-electron chi connectivity index (χ2n) is 5.95. The highest BCUT2D eigenvalue weighted by Crippen LogP contribution is 2.28. The summed E-state index contributed by atoms with van der Waals surface area (Å²) >= 11 is 0. The summed E-state index contributed by atoms with van der Waals surface area (Å²) in [5.74, 6) is 0.491. The summed E-state index contributed by atoms with van der Waals surface area (Å²) < 4.78 is 5.25. The first kappa shape index (κ1) is 16.0. The molecular weight excluding hydrogens is 262 g/mol. The van der Waals surface area contributed by atoms with E-state index >= 15 is 0 Å². The van der Waals surface area contributed by atoms with Crippen LogP contribution in [0.15, 0.2) is 30.3 Å². The molecule has 0 heterocycles. The van der Waals surface area contributed by atoms with Gasteiger partial charge in [0.05, 0.1) is 6.61 Å². The Morgan fingerprint density at radius 2 is 1.90 bits per heavy atom. The third-order valence-corrected chi connectivity index (χ3v) is 4.44. The van der Waals surface area contributed by atoms with Crippen molar-refractivity contribution in [3.05, 3.63) is 35.9 Å². The van der Waals surface area contributed by atoms with Gasteiger partial charge in [0.2, 0.25) is 0 Å². The Bertz CT molecular complexity index is 426. The highest BCUT2D eigenvalue weighted by atomic mass is 16.5. The Labute approximate surface area is 128 Å². The van der Waals surface area contributed by atoms with E-state index in [1.807, 2.05) is 37.3 Å². The van der Waals surface area contributed by atoms with Crippen LogP contribution in [0.4, 0.5) is 0 Å². The molecule has 1 aliphatic rings. The first-order chi connectivity index (χ1) is 10.2. The second kappa shape index (κ2) is 8.18. The van der Waals surface area contributed by atoms with Crippen LogP contribution < -0.4 is 5.32 Å². The lowest BCUT2D eigenvalue weighted by Crippen LogP contribution is -2.41. The van der Waals surface area contributed by atoms with Gasteiger partial charge in [-0.05, 0) is 38.2 Å². The fraction of sp³-hybridized carbons (Fsp3) is 0.611. The third-order valence-electron chi connectivity index (χ3n) is 4.44. The van der Waals surface area contributed by atoms with Crippen molar-refractivity contribution < 1.29 is 9.53 Å². The van der Waals surface area contributed by atoms with E-state index in [2.05, 4.69) is 12.2 Å². The molecule has 2 atom stereocenters. The van der Waals surface area contributed by atoms with Crippen LogP contribution in [-0.4, -0.2) is 18.6 Å². The van der Waals surface area contributed by atoms with Crippen molar-refractivity contribution in [2.75, 3.05) is 6.61 Å². The first-order valence-corrected chi connectivity index (χ1v) is 8.20. The molecule has 0 saturated heterocycles. The minimum Gasteiger partial charge on any atom is -0.465 e. The quantitative estimate of drug-likeness (QED) is 0.808. The predicted molar refractivity (Wildman–Crippen MR) is 85.0 cm³/mol.